The van der Waals surface area contributed by atoms with Crippen molar-refractivity contribution in [2.75, 3.05) is 33.7 Å². The van der Waals surface area contributed by atoms with Gasteiger partial charge in [0.2, 0.25) is 11.8 Å². The molecule has 1 aromatic carbocycles. The SMILES string of the molecule is CN(C)C(=O)CN1C(=O)[C@H]2CC[C@@H]1CN(C(=O)c1ccc(F)cc1Cl)C2. The minimum absolute atomic E-state index is 0.0202. The molecule has 1 aromatic rings. The van der Waals surface area contributed by atoms with Crippen LogP contribution < -0.4 is 0 Å². The van der Waals surface area contributed by atoms with E-state index in [-0.39, 0.29) is 53.4 Å². The zero-order valence-electron chi connectivity index (χ0n) is 14.7. The lowest BCUT2D eigenvalue weighted by Crippen LogP contribution is -2.51. The number of benzene rings is 1. The molecule has 140 valence electrons. The second kappa shape index (κ2) is 7.23. The van der Waals surface area contributed by atoms with Crippen LogP contribution in [0.1, 0.15) is 23.2 Å². The van der Waals surface area contributed by atoms with Crippen LogP contribution in [0.25, 0.3) is 0 Å². The van der Waals surface area contributed by atoms with Crippen molar-refractivity contribution in [1.29, 1.82) is 0 Å². The molecule has 0 aliphatic carbocycles. The van der Waals surface area contributed by atoms with Crippen molar-refractivity contribution in [2.24, 2.45) is 5.92 Å². The van der Waals surface area contributed by atoms with Gasteiger partial charge in [-0.1, -0.05) is 11.6 Å². The number of nitrogens with zero attached hydrogens (tertiary/aromatic N) is 3. The third kappa shape index (κ3) is 3.53. The molecule has 0 aromatic heterocycles. The fraction of sp³-hybridized carbons (Fsp3) is 0.500. The summed E-state index contributed by atoms with van der Waals surface area (Å²) in [4.78, 5) is 42.3. The van der Waals surface area contributed by atoms with E-state index in [4.69, 9.17) is 11.6 Å². The first-order valence-electron chi connectivity index (χ1n) is 8.53. The smallest absolute Gasteiger partial charge is 0.255 e. The summed E-state index contributed by atoms with van der Waals surface area (Å²) in [7, 11) is 3.30. The van der Waals surface area contributed by atoms with Crippen LogP contribution in [0.4, 0.5) is 4.39 Å². The van der Waals surface area contributed by atoms with Gasteiger partial charge in [0, 0.05) is 33.2 Å². The van der Waals surface area contributed by atoms with E-state index in [0.29, 0.717) is 13.0 Å². The average Bonchev–Trinajstić information content (AvgIpc) is 2.87. The van der Waals surface area contributed by atoms with Crippen LogP contribution in [-0.4, -0.2) is 72.2 Å². The number of rotatable bonds is 3. The fourth-order valence-electron chi connectivity index (χ4n) is 3.53. The number of likely N-dealkylation sites (N-methyl/N-ethyl adjacent to an activating group) is 1. The Morgan fingerprint density at radius 1 is 1.27 bits per heavy atom. The molecule has 3 fully saturated rings. The molecular weight excluding hydrogens is 361 g/mol. The Morgan fingerprint density at radius 2 is 2.00 bits per heavy atom. The molecule has 8 heteroatoms. The summed E-state index contributed by atoms with van der Waals surface area (Å²) in [5, 5.41) is 0.0533. The van der Waals surface area contributed by atoms with Crippen LogP contribution in [0, 0.1) is 11.7 Å². The van der Waals surface area contributed by atoms with E-state index in [9.17, 15) is 18.8 Å². The maximum absolute atomic E-state index is 13.2. The van der Waals surface area contributed by atoms with E-state index >= 15 is 0 Å². The maximum atomic E-state index is 13.2. The Bertz CT molecular complexity index is 755. The highest BCUT2D eigenvalue weighted by atomic mass is 35.5. The van der Waals surface area contributed by atoms with E-state index < -0.39 is 5.82 Å². The predicted molar refractivity (Wildman–Crippen MR) is 94.2 cm³/mol. The lowest BCUT2D eigenvalue weighted by Gasteiger charge is -2.35. The Hall–Kier alpha value is -2.15. The van der Waals surface area contributed by atoms with Crippen LogP contribution >= 0.6 is 11.6 Å². The quantitative estimate of drug-likeness (QED) is 0.799. The molecule has 3 amide bonds. The highest BCUT2D eigenvalue weighted by Crippen LogP contribution is 2.30. The van der Waals surface area contributed by atoms with Gasteiger partial charge in [-0.3, -0.25) is 14.4 Å². The summed E-state index contributed by atoms with van der Waals surface area (Å²) in [6.45, 7) is 0.649. The topological polar surface area (TPSA) is 60.9 Å². The molecule has 3 saturated heterocycles. The van der Waals surface area contributed by atoms with Crippen LogP contribution in [0.3, 0.4) is 0 Å². The third-order valence-electron chi connectivity index (χ3n) is 5.05. The van der Waals surface area contributed by atoms with Crippen molar-refractivity contribution >= 4 is 29.3 Å². The first kappa shape index (κ1) is 18.6. The lowest BCUT2D eigenvalue weighted by atomic mass is 9.94. The number of piperidine rings is 1. The molecular formula is C18H21ClFN3O3. The molecule has 0 unspecified atom stereocenters. The fourth-order valence-corrected chi connectivity index (χ4v) is 3.78. The number of fused-ring (bicyclic) bond motifs is 4. The van der Waals surface area contributed by atoms with Crippen LogP contribution in [0.2, 0.25) is 5.02 Å². The largest absolute Gasteiger partial charge is 0.347 e. The van der Waals surface area contributed by atoms with E-state index in [1.165, 1.54) is 17.0 Å². The van der Waals surface area contributed by atoms with Crippen molar-refractivity contribution in [1.82, 2.24) is 14.7 Å². The Morgan fingerprint density at radius 3 is 2.65 bits per heavy atom. The van der Waals surface area contributed by atoms with Gasteiger partial charge in [0.1, 0.15) is 12.4 Å². The van der Waals surface area contributed by atoms with Gasteiger partial charge in [0.05, 0.1) is 16.5 Å². The number of carbonyl (C=O) groups is 3. The normalized spacial score (nSPS) is 22.4. The number of amides is 3. The molecule has 3 heterocycles. The molecule has 2 atom stereocenters. The molecule has 6 nitrogen and oxygen atoms in total. The van der Waals surface area contributed by atoms with E-state index in [1.54, 1.807) is 23.9 Å². The van der Waals surface area contributed by atoms with Gasteiger partial charge in [0.25, 0.3) is 5.91 Å². The van der Waals surface area contributed by atoms with Crippen molar-refractivity contribution < 1.29 is 18.8 Å². The standard InChI is InChI=1S/C18H21ClFN3O3/c1-21(2)16(24)10-23-13-5-3-11(17(23)25)8-22(9-13)18(26)14-6-4-12(20)7-15(14)19/h4,6-7,11,13H,3,5,8-10H2,1-2H3/t11-,13+/m0/s1. The average molecular weight is 382 g/mol. The molecule has 3 aliphatic rings. The van der Waals surface area contributed by atoms with Crippen molar-refractivity contribution in [3.63, 3.8) is 0 Å². The van der Waals surface area contributed by atoms with Gasteiger partial charge in [0.15, 0.2) is 0 Å². The summed E-state index contributed by atoms with van der Waals surface area (Å²) in [6.07, 6.45) is 1.44. The monoisotopic (exact) mass is 381 g/mol. The summed E-state index contributed by atoms with van der Waals surface area (Å²) in [5.74, 6) is -1.39. The predicted octanol–water partition coefficient (Wildman–Crippen LogP) is 1.63. The number of carbonyl (C=O) groups excluding carboxylic acids is 3. The van der Waals surface area contributed by atoms with Crippen molar-refractivity contribution in [3.05, 3.63) is 34.6 Å². The van der Waals surface area contributed by atoms with Gasteiger partial charge >= 0.3 is 0 Å². The van der Waals surface area contributed by atoms with Gasteiger partial charge < -0.3 is 14.7 Å². The van der Waals surface area contributed by atoms with Crippen LogP contribution in [-0.2, 0) is 9.59 Å². The zero-order valence-corrected chi connectivity index (χ0v) is 15.5. The summed E-state index contributed by atoms with van der Waals surface area (Å²) in [5.41, 5.74) is 0.220. The highest BCUT2D eigenvalue weighted by Gasteiger charge is 2.42. The summed E-state index contributed by atoms with van der Waals surface area (Å²) in [6, 6.07) is 3.46. The first-order valence-corrected chi connectivity index (χ1v) is 8.90. The molecule has 4 rings (SSSR count). The molecule has 0 saturated carbocycles. The summed E-state index contributed by atoms with van der Waals surface area (Å²) < 4.78 is 13.2. The van der Waals surface area contributed by atoms with Gasteiger partial charge in [-0.15, -0.1) is 0 Å². The van der Waals surface area contributed by atoms with Crippen molar-refractivity contribution in [3.8, 4) is 0 Å². The Balaban J connectivity index is 1.82. The third-order valence-corrected chi connectivity index (χ3v) is 5.36. The van der Waals surface area contributed by atoms with E-state index in [2.05, 4.69) is 0 Å². The first-order chi connectivity index (χ1) is 12.3. The van der Waals surface area contributed by atoms with Crippen molar-refractivity contribution in [2.45, 2.75) is 18.9 Å². The zero-order chi connectivity index (χ0) is 19.0. The highest BCUT2D eigenvalue weighted by molar-refractivity contribution is 6.33. The minimum Gasteiger partial charge on any atom is -0.347 e. The summed E-state index contributed by atoms with van der Waals surface area (Å²) >= 11 is 6.02. The second-order valence-corrected chi connectivity index (χ2v) is 7.42. The van der Waals surface area contributed by atoms with Crippen LogP contribution in [0.15, 0.2) is 18.2 Å². The molecule has 0 spiro atoms. The minimum atomic E-state index is -0.508. The molecule has 0 N–H and O–H groups in total. The van der Waals surface area contributed by atoms with Gasteiger partial charge in [-0.2, -0.15) is 0 Å². The Labute approximate surface area is 156 Å². The van der Waals surface area contributed by atoms with Gasteiger partial charge in [-0.25, -0.2) is 4.39 Å². The Kier molecular flexibility index (Phi) is 5.18. The number of hydrogen-bond donors (Lipinski definition) is 0. The molecule has 26 heavy (non-hydrogen) atoms. The number of hydrogen-bond acceptors (Lipinski definition) is 3. The molecule has 2 bridgehead atoms. The second-order valence-electron chi connectivity index (χ2n) is 7.02. The van der Waals surface area contributed by atoms with E-state index in [1.807, 2.05) is 0 Å². The van der Waals surface area contributed by atoms with Gasteiger partial charge in [-0.05, 0) is 31.0 Å². The molecule has 3 aliphatic heterocycles. The van der Waals surface area contributed by atoms with Crippen LogP contribution in [0.5, 0.6) is 0 Å². The number of halogens is 2. The lowest BCUT2D eigenvalue weighted by molar-refractivity contribution is -0.145. The maximum Gasteiger partial charge on any atom is 0.255 e. The molecule has 0 radical (unpaired) electrons. The van der Waals surface area contributed by atoms with E-state index in [0.717, 1.165) is 12.5 Å².